The standard InChI is InChI=1S/C19H17FN4O3S/c20-17-7-12(5-6-15(17)13-8-22-19(21)23-9-13)16-3-1-2-4-18(16)28(26,27)24-10-14(25)11-24/h1-9,14,25H,10-11H2,(H2,21,22,23). The van der Waals surface area contributed by atoms with Crippen molar-refractivity contribution in [3.63, 3.8) is 0 Å². The molecule has 3 N–H and O–H groups in total. The summed E-state index contributed by atoms with van der Waals surface area (Å²) in [5, 5.41) is 9.43. The highest BCUT2D eigenvalue weighted by Gasteiger charge is 2.36. The first kappa shape index (κ1) is 18.5. The lowest BCUT2D eigenvalue weighted by Crippen LogP contribution is -2.53. The lowest BCUT2D eigenvalue weighted by atomic mass is 10.0. The van der Waals surface area contributed by atoms with Crippen LogP contribution in [0.3, 0.4) is 0 Å². The number of aromatic nitrogens is 2. The molecule has 1 fully saturated rings. The average Bonchev–Trinajstić information content (AvgIpc) is 2.66. The summed E-state index contributed by atoms with van der Waals surface area (Å²) in [4.78, 5) is 7.79. The van der Waals surface area contributed by atoms with Crippen LogP contribution in [0.25, 0.3) is 22.3 Å². The van der Waals surface area contributed by atoms with Gasteiger partial charge in [0.25, 0.3) is 0 Å². The fourth-order valence-corrected chi connectivity index (χ4v) is 4.81. The Hall–Kier alpha value is -2.88. The van der Waals surface area contributed by atoms with Crippen molar-refractivity contribution in [2.75, 3.05) is 18.8 Å². The van der Waals surface area contributed by atoms with Gasteiger partial charge in [-0.3, -0.25) is 0 Å². The van der Waals surface area contributed by atoms with Crippen LogP contribution < -0.4 is 5.73 Å². The van der Waals surface area contributed by atoms with Gasteiger partial charge in [-0.2, -0.15) is 4.31 Å². The zero-order valence-corrected chi connectivity index (χ0v) is 15.5. The molecule has 1 aliphatic heterocycles. The van der Waals surface area contributed by atoms with Gasteiger partial charge in [0.05, 0.1) is 11.0 Å². The molecule has 0 unspecified atom stereocenters. The second-order valence-corrected chi connectivity index (χ2v) is 8.40. The number of aliphatic hydroxyl groups is 1. The number of nitrogen functional groups attached to an aromatic ring is 1. The number of benzene rings is 2. The van der Waals surface area contributed by atoms with Crippen molar-refractivity contribution < 1.29 is 17.9 Å². The minimum atomic E-state index is -3.78. The van der Waals surface area contributed by atoms with E-state index >= 15 is 0 Å². The highest BCUT2D eigenvalue weighted by molar-refractivity contribution is 7.89. The van der Waals surface area contributed by atoms with Gasteiger partial charge in [-0.15, -0.1) is 0 Å². The van der Waals surface area contributed by atoms with E-state index in [0.29, 0.717) is 16.7 Å². The van der Waals surface area contributed by atoms with E-state index in [0.717, 1.165) is 0 Å². The third-order valence-corrected chi connectivity index (χ3v) is 6.49. The van der Waals surface area contributed by atoms with Crippen molar-refractivity contribution in [2.24, 2.45) is 0 Å². The number of anilines is 1. The van der Waals surface area contributed by atoms with Crippen LogP contribution in [0.2, 0.25) is 0 Å². The van der Waals surface area contributed by atoms with Gasteiger partial charge in [0.15, 0.2) is 0 Å². The number of nitrogens with two attached hydrogens (primary N) is 1. The number of hydrogen-bond acceptors (Lipinski definition) is 6. The fraction of sp³-hybridized carbons (Fsp3) is 0.158. The summed E-state index contributed by atoms with van der Waals surface area (Å²) in [5.74, 6) is -0.437. The molecular formula is C19H17FN4O3S. The maximum absolute atomic E-state index is 14.8. The Morgan fingerprint density at radius 2 is 1.71 bits per heavy atom. The molecule has 1 aliphatic rings. The van der Waals surface area contributed by atoms with E-state index in [1.54, 1.807) is 30.3 Å². The van der Waals surface area contributed by atoms with Crippen LogP contribution in [0, 0.1) is 5.82 Å². The first-order chi connectivity index (χ1) is 13.4. The van der Waals surface area contributed by atoms with Crippen LogP contribution in [0.4, 0.5) is 10.3 Å². The molecule has 7 nitrogen and oxygen atoms in total. The third kappa shape index (κ3) is 3.24. The Morgan fingerprint density at radius 3 is 2.36 bits per heavy atom. The van der Waals surface area contributed by atoms with Gasteiger partial charge in [-0.1, -0.05) is 30.3 Å². The normalized spacial score (nSPS) is 15.4. The second kappa shape index (κ2) is 6.93. The van der Waals surface area contributed by atoms with Gasteiger partial charge in [0, 0.05) is 42.2 Å². The molecule has 0 amide bonds. The van der Waals surface area contributed by atoms with Gasteiger partial charge in [0.2, 0.25) is 16.0 Å². The molecule has 28 heavy (non-hydrogen) atoms. The van der Waals surface area contributed by atoms with Gasteiger partial charge in [-0.05, 0) is 17.7 Å². The molecule has 2 heterocycles. The second-order valence-electron chi connectivity index (χ2n) is 6.50. The highest BCUT2D eigenvalue weighted by atomic mass is 32.2. The van der Waals surface area contributed by atoms with Crippen LogP contribution in [0.1, 0.15) is 0 Å². The average molecular weight is 400 g/mol. The third-order valence-electron chi connectivity index (χ3n) is 4.60. The van der Waals surface area contributed by atoms with Crippen molar-refractivity contribution in [1.82, 2.24) is 14.3 Å². The first-order valence-electron chi connectivity index (χ1n) is 8.51. The summed E-state index contributed by atoms with van der Waals surface area (Å²) in [6.07, 6.45) is 2.20. The summed E-state index contributed by atoms with van der Waals surface area (Å²) >= 11 is 0. The van der Waals surface area contributed by atoms with Crippen molar-refractivity contribution in [3.8, 4) is 22.3 Å². The van der Waals surface area contributed by atoms with Gasteiger partial charge in [0.1, 0.15) is 5.82 Å². The molecule has 9 heteroatoms. The van der Waals surface area contributed by atoms with Crippen LogP contribution in [-0.4, -0.2) is 47.0 Å². The topological polar surface area (TPSA) is 109 Å². The summed E-state index contributed by atoms with van der Waals surface area (Å²) in [5.41, 5.74) is 7.03. The van der Waals surface area contributed by atoms with E-state index in [-0.39, 0.29) is 29.5 Å². The molecule has 0 atom stereocenters. The lowest BCUT2D eigenvalue weighted by Gasteiger charge is -2.35. The molecule has 144 valence electrons. The molecule has 1 aromatic heterocycles. The smallest absolute Gasteiger partial charge is 0.243 e. The van der Waals surface area contributed by atoms with E-state index < -0.39 is 21.9 Å². The SMILES string of the molecule is Nc1ncc(-c2ccc(-c3ccccc3S(=O)(=O)N3CC(O)C3)cc2F)cn1. The molecule has 0 spiro atoms. The van der Waals surface area contributed by atoms with Crippen molar-refractivity contribution in [1.29, 1.82) is 0 Å². The largest absolute Gasteiger partial charge is 0.390 e. The Morgan fingerprint density at radius 1 is 1.04 bits per heavy atom. The predicted octanol–water partition coefficient (Wildman–Crippen LogP) is 1.90. The summed E-state index contributed by atoms with van der Waals surface area (Å²) < 4.78 is 41.7. The number of aliphatic hydroxyl groups excluding tert-OH is 1. The van der Waals surface area contributed by atoms with E-state index in [9.17, 15) is 17.9 Å². The maximum atomic E-state index is 14.8. The number of halogens is 1. The van der Waals surface area contributed by atoms with Gasteiger partial charge in [-0.25, -0.2) is 22.8 Å². The van der Waals surface area contributed by atoms with E-state index in [1.165, 1.54) is 28.8 Å². The summed E-state index contributed by atoms with van der Waals surface area (Å²) in [6.45, 7) is 0.113. The lowest BCUT2D eigenvalue weighted by molar-refractivity contribution is 0.0548. The molecule has 0 radical (unpaired) electrons. The van der Waals surface area contributed by atoms with Crippen LogP contribution in [0.5, 0.6) is 0 Å². The molecule has 0 aliphatic carbocycles. The Labute approximate surface area is 161 Å². The quantitative estimate of drug-likeness (QED) is 0.692. The molecule has 0 bridgehead atoms. The molecule has 0 saturated carbocycles. The minimum absolute atomic E-state index is 0.0567. The number of sulfonamides is 1. The minimum Gasteiger partial charge on any atom is -0.390 e. The first-order valence-corrected chi connectivity index (χ1v) is 9.95. The molecule has 4 rings (SSSR count). The molecule has 3 aromatic rings. The maximum Gasteiger partial charge on any atom is 0.243 e. The monoisotopic (exact) mass is 400 g/mol. The summed E-state index contributed by atoms with van der Waals surface area (Å²) in [7, 11) is -3.78. The van der Waals surface area contributed by atoms with E-state index in [4.69, 9.17) is 5.73 Å². The number of β-amino-alcohol motifs (C(OH)–C–C–N with tert-alkyl or cyclic N) is 1. The van der Waals surface area contributed by atoms with Crippen LogP contribution >= 0.6 is 0 Å². The van der Waals surface area contributed by atoms with Crippen molar-refractivity contribution in [2.45, 2.75) is 11.0 Å². The van der Waals surface area contributed by atoms with Crippen molar-refractivity contribution >= 4 is 16.0 Å². The zero-order valence-electron chi connectivity index (χ0n) is 14.7. The number of rotatable bonds is 4. The molecule has 1 saturated heterocycles. The van der Waals surface area contributed by atoms with Crippen LogP contribution in [-0.2, 0) is 10.0 Å². The van der Waals surface area contributed by atoms with Gasteiger partial charge < -0.3 is 10.8 Å². The Kier molecular flexibility index (Phi) is 4.58. The Bertz CT molecular complexity index is 1130. The Balaban J connectivity index is 1.74. The zero-order chi connectivity index (χ0) is 19.9. The number of nitrogens with zero attached hydrogens (tertiary/aromatic N) is 3. The van der Waals surface area contributed by atoms with Crippen LogP contribution in [0.15, 0.2) is 59.8 Å². The number of hydrogen-bond donors (Lipinski definition) is 2. The van der Waals surface area contributed by atoms with E-state index in [1.807, 2.05) is 0 Å². The van der Waals surface area contributed by atoms with Crippen molar-refractivity contribution in [3.05, 3.63) is 60.7 Å². The molecular weight excluding hydrogens is 383 g/mol. The highest BCUT2D eigenvalue weighted by Crippen LogP contribution is 2.33. The predicted molar refractivity (Wildman–Crippen MR) is 102 cm³/mol. The molecule has 2 aromatic carbocycles. The van der Waals surface area contributed by atoms with E-state index in [2.05, 4.69) is 9.97 Å². The summed E-state index contributed by atoms with van der Waals surface area (Å²) in [6, 6.07) is 10.9. The van der Waals surface area contributed by atoms with Gasteiger partial charge >= 0.3 is 0 Å². The fourth-order valence-electron chi connectivity index (χ4n) is 3.08.